The molecular formula is C26H28N2O6S. The van der Waals surface area contributed by atoms with Crippen molar-refractivity contribution in [1.82, 2.24) is 4.31 Å². The summed E-state index contributed by atoms with van der Waals surface area (Å²) in [6.07, 6.45) is 0.846. The number of carbonyl (C=O) groups excluding carboxylic acids is 1. The second-order valence-corrected chi connectivity index (χ2v) is 10.0. The lowest BCUT2D eigenvalue weighted by molar-refractivity contribution is -0.120. The standard InChI is InChI=1S/C26H28N2O6S/c1-32-23-12-13-24(33-2)25(18-23)35(30,31)28-16-14-19(15-17-28)26(29)27-20-8-10-22(11-9-20)34-21-6-4-3-5-7-21/h3-13,18-19H,14-17H2,1-2H3,(H,27,29). The summed E-state index contributed by atoms with van der Waals surface area (Å²) in [4.78, 5) is 12.9. The van der Waals surface area contributed by atoms with E-state index in [0.29, 0.717) is 30.0 Å². The van der Waals surface area contributed by atoms with Crippen molar-refractivity contribution in [2.75, 3.05) is 32.6 Å². The molecular weight excluding hydrogens is 468 g/mol. The summed E-state index contributed by atoms with van der Waals surface area (Å²) in [6.45, 7) is 0.481. The van der Waals surface area contributed by atoms with E-state index in [9.17, 15) is 13.2 Å². The Morgan fingerprint density at radius 2 is 1.49 bits per heavy atom. The number of methoxy groups -OCH3 is 2. The van der Waals surface area contributed by atoms with Crippen LogP contribution in [0.5, 0.6) is 23.0 Å². The first-order chi connectivity index (χ1) is 16.9. The molecule has 9 heteroatoms. The first-order valence-electron chi connectivity index (χ1n) is 11.3. The molecule has 0 aliphatic carbocycles. The van der Waals surface area contributed by atoms with Gasteiger partial charge in [-0.25, -0.2) is 8.42 Å². The van der Waals surface area contributed by atoms with Gasteiger partial charge in [0.2, 0.25) is 15.9 Å². The Morgan fingerprint density at radius 3 is 2.11 bits per heavy atom. The number of amides is 1. The summed E-state index contributed by atoms with van der Waals surface area (Å²) in [5.74, 6) is 1.68. The quantitative estimate of drug-likeness (QED) is 0.492. The monoisotopic (exact) mass is 496 g/mol. The van der Waals surface area contributed by atoms with Crippen LogP contribution < -0.4 is 19.5 Å². The molecule has 1 fully saturated rings. The van der Waals surface area contributed by atoms with Gasteiger partial charge in [0.1, 0.15) is 27.9 Å². The second kappa shape index (κ2) is 10.8. The van der Waals surface area contributed by atoms with E-state index in [1.165, 1.54) is 24.6 Å². The zero-order valence-corrected chi connectivity index (χ0v) is 20.5. The minimum Gasteiger partial charge on any atom is -0.497 e. The van der Waals surface area contributed by atoms with Crippen LogP contribution in [0.1, 0.15) is 12.8 Å². The molecule has 1 saturated heterocycles. The highest BCUT2D eigenvalue weighted by atomic mass is 32.2. The first kappa shape index (κ1) is 24.6. The molecule has 1 heterocycles. The number of anilines is 1. The molecule has 0 saturated carbocycles. The highest BCUT2D eigenvalue weighted by molar-refractivity contribution is 7.89. The lowest BCUT2D eigenvalue weighted by Gasteiger charge is -2.31. The number of benzene rings is 3. The molecule has 1 aliphatic heterocycles. The Labute approximate surface area is 205 Å². The number of nitrogens with one attached hydrogen (secondary N) is 1. The van der Waals surface area contributed by atoms with E-state index in [4.69, 9.17) is 14.2 Å². The molecule has 1 aliphatic rings. The summed E-state index contributed by atoms with van der Waals surface area (Å²) < 4.78 is 44.1. The number of sulfonamides is 1. The van der Waals surface area contributed by atoms with Crippen molar-refractivity contribution in [1.29, 1.82) is 0 Å². The molecule has 35 heavy (non-hydrogen) atoms. The maximum atomic E-state index is 13.2. The molecule has 3 aromatic carbocycles. The average molecular weight is 497 g/mol. The molecule has 1 N–H and O–H groups in total. The molecule has 3 aromatic rings. The number of hydrogen-bond donors (Lipinski definition) is 1. The zero-order valence-electron chi connectivity index (χ0n) is 19.6. The van der Waals surface area contributed by atoms with Crippen molar-refractivity contribution >= 4 is 21.6 Å². The zero-order chi connectivity index (χ0) is 24.8. The average Bonchev–Trinajstić information content (AvgIpc) is 2.90. The van der Waals surface area contributed by atoms with Gasteiger partial charge >= 0.3 is 0 Å². The summed E-state index contributed by atoms with van der Waals surface area (Å²) in [7, 11) is -0.887. The lowest BCUT2D eigenvalue weighted by atomic mass is 9.97. The van der Waals surface area contributed by atoms with E-state index in [-0.39, 0.29) is 35.6 Å². The summed E-state index contributed by atoms with van der Waals surface area (Å²) in [6, 6.07) is 21.3. The van der Waals surface area contributed by atoms with Gasteiger partial charge in [0.25, 0.3) is 0 Å². The number of nitrogens with zero attached hydrogens (tertiary/aromatic N) is 1. The van der Waals surface area contributed by atoms with Crippen molar-refractivity contribution in [2.45, 2.75) is 17.7 Å². The van der Waals surface area contributed by atoms with Crippen molar-refractivity contribution < 1.29 is 27.4 Å². The topological polar surface area (TPSA) is 94.2 Å². The Morgan fingerprint density at radius 1 is 0.857 bits per heavy atom. The molecule has 1 amide bonds. The van der Waals surface area contributed by atoms with Crippen molar-refractivity contribution in [3.63, 3.8) is 0 Å². The third kappa shape index (κ3) is 5.75. The fourth-order valence-corrected chi connectivity index (χ4v) is 5.60. The number of piperidine rings is 1. The largest absolute Gasteiger partial charge is 0.497 e. The van der Waals surface area contributed by atoms with E-state index >= 15 is 0 Å². The third-order valence-corrected chi connectivity index (χ3v) is 7.83. The Bertz CT molecular complexity index is 1250. The molecule has 0 atom stereocenters. The van der Waals surface area contributed by atoms with E-state index in [1.54, 1.807) is 36.4 Å². The SMILES string of the molecule is COc1ccc(OC)c(S(=O)(=O)N2CCC(C(=O)Nc3ccc(Oc4ccccc4)cc3)CC2)c1. The van der Waals surface area contributed by atoms with Crippen molar-refractivity contribution in [3.8, 4) is 23.0 Å². The van der Waals surface area contributed by atoms with Crippen LogP contribution in [0.3, 0.4) is 0 Å². The van der Waals surface area contributed by atoms with Gasteiger partial charge in [-0.1, -0.05) is 18.2 Å². The number of carbonyl (C=O) groups is 1. The predicted molar refractivity (Wildman–Crippen MR) is 133 cm³/mol. The first-order valence-corrected chi connectivity index (χ1v) is 12.7. The fourth-order valence-electron chi connectivity index (χ4n) is 3.96. The van der Waals surface area contributed by atoms with Crippen LogP contribution in [0.2, 0.25) is 0 Å². The smallest absolute Gasteiger partial charge is 0.246 e. The number of para-hydroxylation sites is 1. The van der Waals surface area contributed by atoms with Gasteiger partial charge in [-0.2, -0.15) is 4.31 Å². The molecule has 184 valence electrons. The maximum absolute atomic E-state index is 13.2. The van der Waals surface area contributed by atoms with Gasteiger partial charge in [0, 0.05) is 30.8 Å². The van der Waals surface area contributed by atoms with Crippen LogP contribution in [0, 0.1) is 5.92 Å². The van der Waals surface area contributed by atoms with E-state index in [1.807, 2.05) is 30.3 Å². The third-order valence-electron chi connectivity index (χ3n) is 5.91. The van der Waals surface area contributed by atoms with Gasteiger partial charge in [-0.3, -0.25) is 4.79 Å². The van der Waals surface area contributed by atoms with Gasteiger partial charge < -0.3 is 19.5 Å². The summed E-state index contributed by atoms with van der Waals surface area (Å²) in [5, 5.41) is 2.92. The van der Waals surface area contributed by atoms with Crippen LogP contribution in [0.25, 0.3) is 0 Å². The fraction of sp³-hybridized carbons (Fsp3) is 0.269. The molecule has 0 aromatic heterocycles. The van der Waals surface area contributed by atoms with Gasteiger partial charge in [-0.05, 0) is 61.4 Å². The van der Waals surface area contributed by atoms with Crippen LogP contribution >= 0.6 is 0 Å². The normalized spacial score (nSPS) is 14.8. The molecule has 0 bridgehead atoms. The van der Waals surface area contributed by atoms with Gasteiger partial charge in [0.15, 0.2) is 0 Å². The Hall–Kier alpha value is -3.56. The second-order valence-electron chi connectivity index (χ2n) is 8.12. The minimum atomic E-state index is -3.79. The van der Waals surface area contributed by atoms with Crippen LogP contribution in [0.15, 0.2) is 77.7 Å². The van der Waals surface area contributed by atoms with Crippen molar-refractivity contribution in [3.05, 3.63) is 72.8 Å². The molecule has 0 radical (unpaired) electrons. The summed E-state index contributed by atoms with van der Waals surface area (Å²) in [5.41, 5.74) is 0.659. The maximum Gasteiger partial charge on any atom is 0.246 e. The molecule has 0 unspecified atom stereocenters. The molecule has 0 spiro atoms. The number of hydrogen-bond acceptors (Lipinski definition) is 6. The van der Waals surface area contributed by atoms with Gasteiger partial charge in [-0.15, -0.1) is 0 Å². The lowest BCUT2D eigenvalue weighted by Crippen LogP contribution is -2.41. The predicted octanol–water partition coefficient (Wildman–Crippen LogP) is 4.54. The van der Waals surface area contributed by atoms with E-state index in [0.717, 1.165) is 5.75 Å². The van der Waals surface area contributed by atoms with E-state index in [2.05, 4.69) is 5.32 Å². The Kier molecular flexibility index (Phi) is 7.57. The molecule has 8 nitrogen and oxygen atoms in total. The highest BCUT2D eigenvalue weighted by Gasteiger charge is 2.34. The van der Waals surface area contributed by atoms with Crippen LogP contribution in [-0.2, 0) is 14.8 Å². The summed E-state index contributed by atoms with van der Waals surface area (Å²) >= 11 is 0. The highest BCUT2D eigenvalue weighted by Crippen LogP contribution is 2.33. The number of rotatable bonds is 8. The van der Waals surface area contributed by atoms with Gasteiger partial charge in [0.05, 0.1) is 14.2 Å². The Balaban J connectivity index is 1.35. The minimum absolute atomic E-state index is 0.0556. The van der Waals surface area contributed by atoms with Crippen molar-refractivity contribution in [2.24, 2.45) is 5.92 Å². The van der Waals surface area contributed by atoms with Crippen LogP contribution in [-0.4, -0.2) is 45.9 Å². The molecule has 4 rings (SSSR count). The number of ether oxygens (including phenoxy) is 3. The van der Waals surface area contributed by atoms with E-state index < -0.39 is 10.0 Å². The van der Waals surface area contributed by atoms with Crippen LogP contribution in [0.4, 0.5) is 5.69 Å².